The van der Waals surface area contributed by atoms with Gasteiger partial charge in [0.25, 0.3) is 0 Å². The Morgan fingerprint density at radius 1 is 1.19 bits per heavy atom. The highest BCUT2D eigenvalue weighted by Crippen LogP contribution is 2.35. The zero-order chi connectivity index (χ0) is 15.6. The summed E-state index contributed by atoms with van der Waals surface area (Å²) >= 11 is 0. The molecule has 1 aliphatic rings. The van der Waals surface area contributed by atoms with Crippen molar-refractivity contribution >= 4 is 17.7 Å². The molecule has 1 saturated carbocycles. The van der Waals surface area contributed by atoms with Crippen LogP contribution in [-0.4, -0.2) is 36.9 Å². The summed E-state index contributed by atoms with van der Waals surface area (Å²) in [5.41, 5.74) is -0.102. The molecule has 21 heavy (non-hydrogen) atoms. The van der Waals surface area contributed by atoms with Crippen molar-refractivity contribution in [3.8, 4) is 11.5 Å². The lowest BCUT2D eigenvalue weighted by molar-refractivity contribution is 0.0697. The van der Waals surface area contributed by atoms with Gasteiger partial charge in [0.1, 0.15) is 0 Å². The largest absolute Gasteiger partial charge is 0.493 e. The van der Waals surface area contributed by atoms with E-state index in [0.717, 1.165) is 12.8 Å². The maximum atomic E-state index is 11.9. The molecule has 0 radical (unpaired) electrons. The van der Waals surface area contributed by atoms with Crippen LogP contribution in [0.2, 0.25) is 0 Å². The van der Waals surface area contributed by atoms with Gasteiger partial charge in [0, 0.05) is 17.7 Å². The molecule has 0 aliphatic heterocycles. The summed E-state index contributed by atoms with van der Waals surface area (Å²) in [5.74, 6) is -0.533. The molecule has 114 valence electrons. The molecule has 0 spiro atoms. The quantitative estimate of drug-likeness (QED) is 0.772. The van der Waals surface area contributed by atoms with Crippen molar-refractivity contribution in [1.29, 1.82) is 0 Å². The number of rotatable bonds is 5. The number of amides is 2. The van der Waals surface area contributed by atoms with Gasteiger partial charge in [-0.25, -0.2) is 9.59 Å². The molecule has 1 aliphatic carbocycles. The van der Waals surface area contributed by atoms with E-state index in [4.69, 9.17) is 9.47 Å². The highest BCUT2D eigenvalue weighted by atomic mass is 16.5. The minimum atomic E-state index is -1.16. The number of carbonyl (C=O) groups is 2. The van der Waals surface area contributed by atoms with Crippen LogP contribution in [0.1, 0.15) is 30.1 Å². The number of nitrogens with one attached hydrogen (secondary N) is 2. The van der Waals surface area contributed by atoms with E-state index in [0.29, 0.717) is 5.75 Å². The number of carboxylic acid groups (broad SMARTS) is 1. The highest BCUT2D eigenvalue weighted by Gasteiger charge is 2.38. The molecule has 0 atom stereocenters. The molecule has 1 aromatic carbocycles. The predicted molar refractivity (Wildman–Crippen MR) is 76.3 cm³/mol. The second-order valence-electron chi connectivity index (χ2n) is 5.20. The number of ether oxygens (including phenoxy) is 2. The smallest absolute Gasteiger partial charge is 0.337 e. The molecule has 0 saturated heterocycles. The molecule has 0 unspecified atom stereocenters. The lowest BCUT2D eigenvalue weighted by atomic mass is 10.1. The van der Waals surface area contributed by atoms with Crippen LogP contribution in [0.15, 0.2) is 12.1 Å². The summed E-state index contributed by atoms with van der Waals surface area (Å²) in [6.45, 7) is 1.93. The Hall–Kier alpha value is -2.44. The second kappa shape index (κ2) is 5.51. The predicted octanol–water partition coefficient (Wildman–Crippen LogP) is 2.08. The van der Waals surface area contributed by atoms with Crippen LogP contribution in [0.5, 0.6) is 11.5 Å². The average molecular weight is 294 g/mol. The molecule has 7 heteroatoms. The summed E-state index contributed by atoms with van der Waals surface area (Å²) in [6, 6.07) is 2.30. The first-order valence-corrected chi connectivity index (χ1v) is 6.47. The van der Waals surface area contributed by atoms with Crippen LogP contribution < -0.4 is 20.1 Å². The number of urea groups is 1. The molecule has 3 N–H and O–H groups in total. The number of hydrogen-bond donors (Lipinski definition) is 3. The van der Waals surface area contributed by atoms with E-state index in [2.05, 4.69) is 10.6 Å². The summed E-state index contributed by atoms with van der Waals surface area (Å²) in [6.07, 6.45) is 1.83. The van der Waals surface area contributed by atoms with Gasteiger partial charge >= 0.3 is 12.0 Å². The molecular formula is C14H18N2O5. The molecule has 0 bridgehead atoms. The summed E-state index contributed by atoms with van der Waals surface area (Å²) in [5, 5.41) is 14.6. The van der Waals surface area contributed by atoms with Crippen molar-refractivity contribution < 1.29 is 24.2 Å². The third kappa shape index (κ3) is 3.36. The van der Waals surface area contributed by atoms with Crippen LogP contribution in [0.25, 0.3) is 0 Å². The zero-order valence-corrected chi connectivity index (χ0v) is 12.1. The minimum absolute atomic E-state index is 0.0660. The first kappa shape index (κ1) is 15.0. The van der Waals surface area contributed by atoms with Crippen molar-refractivity contribution in [3.05, 3.63) is 17.7 Å². The molecular weight excluding hydrogens is 276 g/mol. The fourth-order valence-corrected chi connectivity index (χ4v) is 1.90. The Balaban J connectivity index is 2.27. The lowest BCUT2D eigenvalue weighted by Gasteiger charge is -2.16. The van der Waals surface area contributed by atoms with Gasteiger partial charge in [0.05, 0.1) is 25.5 Å². The van der Waals surface area contributed by atoms with E-state index in [1.165, 1.54) is 26.4 Å². The summed E-state index contributed by atoms with van der Waals surface area (Å²) in [7, 11) is 2.85. The average Bonchev–Trinajstić information content (AvgIpc) is 3.14. The first-order valence-electron chi connectivity index (χ1n) is 6.47. The van der Waals surface area contributed by atoms with Gasteiger partial charge in [-0.1, -0.05) is 0 Å². The Kier molecular flexibility index (Phi) is 3.93. The fraction of sp³-hybridized carbons (Fsp3) is 0.429. The number of carbonyl (C=O) groups excluding carboxylic acids is 1. The third-order valence-corrected chi connectivity index (χ3v) is 3.42. The molecule has 2 amide bonds. The van der Waals surface area contributed by atoms with E-state index >= 15 is 0 Å². The van der Waals surface area contributed by atoms with Crippen molar-refractivity contribution in [2.75, 3.05) is 19.5 Å². The van der Waals surface area contributed by atoms with Gasteiger partial charge in [0.15, 0.2) is 11.5 Å². The van der Waals surface area contributed by atoms with Crippen LogP contribution in [0.4, 0.5) is 10.5 Å². The number of aromatic carboxylic acids is 1. The van der Waals surface area contributed by atoms with E-state index in [1.54, 1.807) is 0 Å². The molecule has 0 aromatic heterocycles. The van der Waals surface area contributed by atoms with E-state index in [9.17, 15) is 14.7 Å². The van der Waals surface area contributed by atoms with Crippen LogP contribution in [0, 0.1) is 0 Å². The normalized spacial score (nSPS) is 15.0. The summed E-state index contributed by atoms with van der Waals surface area (Å²) in [4.78, 5) is 23.2. The topological polar surface area (TPSA) is 96.9 Å². The maximum Gasteiger partial charge on any atom is 0.337 e. The van der Waals surface area contributed by atoms with Crippen molar-refractivity contribution in [2.24, 2.45) is 0 Å². The van der Waals surface area contributed by atoms with Gasteiger partial charge < -0.3 is 25.2 Å². The van der Waals surface area contributed by atoms with Crippen LogP contribution in [0.3, 0.4) is 0 Å². The number of benzene rings is 1. The maximum absolute atomic E-state index is 11.9. The Bertz CT molecular complexity index is 581. The molecule has 1 aromatic rings. The van der Waals surface area contributed by atoms with Gasteiger partial charge in [-0.15, -0.1) is 0 Å². The number of anilines is 1. The minimum Gasteiger partial charge on any atom is -0.493 e. The number of carboxylic acids is 1. The Morgan fingerprint density at radius 3 is 2.24 bits per heavy atom. The zero-order valence-electron chi connectivity index (χ0n) is 12.1. The lowest BCUT2D eigenvalue weighted by Crippen LogP contribution is -2.37. The Morgan fingerprint density at radius 2 is 1.76 bits per heavy atom. The third-order valence-electron chi connectivity index (χ3n) is 3.42. The van der Waals surface area contributed by atoms with Crippen molar-refractivity contribution in [1.82, 2.24) is 5.32 Å². The van der Waals surface area contributed by atoms with E-state index < -0.39 is 12.0 Å². The number of hydrogen-bond acceptors (Lipinski definition) is 4. The van der Waals surface area contributed by atoms with Gasteiger partial charge in [-0.3, -0.25) is 0 Å². The van der Waals surface area contributed by atoms with Crippen LogP contribution in [-0.2, 0) is 0 Å². The molecule has 7 nitrogen and oxygen atoms in total. The van der Waals surface area contributed by atoms with E-state index in [-0.39, 0.29) is 22.5 Å². The monoisotopic (exact) mass is 294 g/mol. The van der Waals surface area contributed by atoms with Crippen LogP contribution >= 0.6 is 0 Å². The second-order valence-corrected chi connectivity index (χ2v) is 5.20. The van der Waals surface area contributed by atoms with Gasteiger partial charge in [0.2, 0.25) is 0 Å². The SMILES string of the molecule is COc1cc(NC(=O)NC2(C)CC2)c(C(=O)O)cc1OC. The first-order chi connectivity index (χ1) is 9.88. The van der Waals surface area contributed by atoms with Crippen molar-refractivity contribution in [2.45, 2.75) is 25.3 Å². The highest BCUT2D eigenvalue weighted by molar-refractivity contribution is 6.01. The molecule has 1 fully saturated rings. The molecule has 0 heterocycles. The summed E-state index contributed by atoms with van der Waals surface area (Å²) < 4.78 is 10.2. The number of methoxy groups -OCH3 is 2. The Labute approximate surface area is 122 Å². The van der Waals surface area contributed by atoms with Gasteiger partial charge in [-0.05, 0) is 19.8 Å². The standard InChI is InChI=1S/C14H18N2O5/c1-14(4-5-14)16-13(19)15-9-7-11(21-3)10(20-2)6-8(9)12(17)18/h6-7H,4-5H2,1-3H3,(H,17,18)(H2,15,16,19). The van der Waals surface area contributed by atoms with E-state index in [1.807, 2.05) is 6.92 Å². The van der Waals surface area contributed by atoms with Crippen molar-refractivity contribution in [3.63, 3.8) is 0 Å². The van der Waals surface area contributed by atoms with Gasteiger partial charge in [-0.2, -0.15) is 0 Å². The fourth-order valence-electron chi connectivity index (χ4n) is 1.90. The molecule has 2 rings (SSSR count).